The van der Waals surface area contributed by atoms with Crippen LogP contribution in [0.4, 0.5) is 0 Å². The molecule has 12 N–H and O–H groups in total. The number of carbonyl (C=O) groups is 1. The Morgan fingerprint density at radius 3 is 1.82 bits per heavy atom. The number of aliphatic hydroxyl groups excluding tert-OH is 12. The van der Waals surface area contributed by atoms with Crippen LogP contribution in [-0.4, -0.2) is 210 Å². The van der Waals surface area contributed by atoms with Crippen molar-refractivity contribution in [2.45, 2.75) is 242 Å². The van der Waals surface area contributed by atoms with Crippen molar-refractivity contribution in [2.24, 2.45) is 50.2 Å². The van der Waals surface area contributed by atoms with E-state index < -0.39 is 153 Å². The molecule has 0 amide bonds. The summed E-state index contributed by atoms with van der Waals surface area (Å²) in [5.74, 6) is -0.274. The van der Waals surface area contributed by atoms with Gasteiger partial charge in [-0.15, -0.1) is 0 Å². The van der Waals surface area contributed by atoms with Crippen molar-refractivity contribution in [3.63, 3.8) is 0 Å². The van der Waals surface area contributed by atoms with E-state index in [1.807, 2.05) is 0 Å². The molecule has 424 valence electrons. The molecule has 2 unspecified atom stereocenters. The molecule has 21 nitrogen and oxygen atoms in total. The Hall–Kier alpha value is -1.55. The lowest BCUT2D eigenvalue weighted by Gasteiger charge is -2.71. The summed E-state index contributed by atoms with van der Waals surface area (Å²) < 4.78 is 48.6. The minimum Gasteiger partial charge on any atom is -0.432 e. The quantitative estimate of drug-likeness (QED) is 0.0755. The zero-order chi connectivity index (χ0) is 54.0. The standard InChI is InChI=1S/C53H86O21/c1-23-32(56)36(60)39(63)43(68-23)73-42-35(59)28(71-44-40(64)37(61)33(57)26(20-54)69-44)22-67-46(42)72-31-12-13-50(6)29(49(31,4)5)11-14-52(8)30(50)10-9-24-25-19-48(2,3)15-17-53(25,18-16-51(24,52)7)47(66)74-45-41(65)38(62)34(58)27(21-55)70-45/h9,23,25-46,54-65H,10-22H2,1-8H3/t23-,25-,26+,27+,28-,29?,30?,31-,32-,33+,34+,35-,36+,37-,38-,39+,40+,41+,42+,43-,44-,45-,46-,50-,51+,52+,53-/m0/s1. The smallest absolute Gasteiger partial charge is 0.315 e. The maximum Gasteiger partial charge on any atom is 0.315 e. The maximum atomic E-state index is 14.8. The number of esters is 1. The highest BCUT2D eigenvalue weighted by atomic mass is 16.8. The van der Waals surface area contributed by atoms with Gasteiger partial charge in [-0.1, -0.05) is 60.1 Å². The third-order valence-corrected chi connectivity index (χ3v) is 21.0. The SMILES string of the molecule is C[C@@H]1O[C@@H](O[C@H]2[C@H](O[C@H]3CC[C@@]4(C)C(CC[C@]5(C)C4CC=C4[C@@H]6CC(C)(C)CC[C@]6(C(=O)O[C@@H]6O[C@H](CO)[C@@H](O)[C@H](O)[C@H]6O)CC[C@]45C)C3(C)C)OC[C@H](O[C@@H]3O[C@H](CO)[C@@H](O)[C@H](O)[C@H]3O)[C@@H]2O)[C@H](O)[C@H](O)[C@H]1O. The van der Waals surface area contributed by atoms with Gasteiger partial charge in [-0.05, 0) is 116 Å². The van der Waals surface area contributed by atoms with Crippen molar-refractivity contribution >= 4 is 5.97 Å². The van der Waals surface area contributed by atoms with Crippen molar-refractivity contribution in [3.8, 4) is 0 Å². The number of fused-ring (bicyclic) bond motifs is 7. The van der Waals surface area contributed by atoms with E-state index in [0.29, 0.717) is 19.3 Å². The van der Waals surface area contributed by atoms with Crippen LogP contribution in [0.25, 0.3) is 0 Å². The highest BCUT2D eigenvalue weighted by Gasteiger charge is 2.70. The van der Waals surface area contributed by atoms with Crippen LogP contribution in [0, 0.1) is 50.2 Å². The van der Waals surface area contributed by atoms with Crippen LogP contribution in [0.5, 0.6) is 0 Å². The average Bonchev–Trinajstić information content (AvgIpc) is 3.35. The Kier molecular flexibility index (Phi) is 15.8. The first-order chi connectivity index (χ1) is 34.6. The summed E-state index contributed by atoms with van der Waals surface area (Å²) in [6.07, 6.45) is -19.6. The van der Waals surface area contributed by atoms with E-state index in [9.17, 15) is 66.1 Å². The molecule has 9 aliphatic rings. The molecule has 0 radical (unpaired) electrons. The number of hydrogen-bond acceptors (Lipinski definition) is 21. The first kappa shape index (κ1) is 57.1. The first-order valence-corrected chi connectivity index (χ1v) is 27.1. The van der Waals surface area contributed by atoms with Gasteiger partial charge in [-0.2, -0.15) is 0 Å². The molecular weight excluding hydrogens is 973 g/mol. The van der Waals surface area contributed by atoms with E-state index in [1.165, 1.54) is 12.5 Å². The number of aliphatic hydroxyl groups is 12. The van der Waals surface area contributed by atoms with Gasteiger partial charge in [-0.3, -0.25) is 4.79 Å². The summed E-state index contributed by atoms with van der Waals surface area (Å²) in [6, 6.07) is 0. The molecule has 0 aromatic rings. The topological polar surface area (TPSA) is 334 Å². The molecule has 4 saturated heterocycles. The fourth-order valence-corrected chi connectivity index (χ4v) is 16.1. The highest BCUT2D eigenvalue weighted by molar-refractivity contribution is 5.79. The summed E-state index contributed by atoms with van der Waals surface area (Å²) in [7, 11) is 0. The summed E-state index contributed by atoms with van der Waals surface area (Å²) in [5.41, 5.74) is -0.843. The van der Waals surface area contributed by atoms with E-state index in [-0.39, 0.29) is 46.0 Å². The Bertz CT molecular complexity index is 2040. The molecule has 4 saturated carbocycles. The van der Waals surface area contributed by atoms with E-state index in [4.69, 9.17) is 37.9 Å². The lowest BCUT2D eigenvalue weighted by molar-refractivity contribution is -0.380. The van der Waals surface area contributed by atoms with Gasteiger partial charge >= 0.3 is 5.97 Å². The molecule has 27 atom stereocenters. The minimum atomic E-state index is -1.78. The highest BCUT2D eigenvalue weighted by Crippen LogP contribution is 2.76. The molecule has 0 aromatic carbocycles. The fraction of sp³-hybridized carbons (Fsp3) is 0.943. The van der Waals surface area contributed by atoms with E-state index in [2.05, 4.69) is 54.5 Å². The van der Waals surface area contributed by atoms with E-state index in [0.717, 1.165) is 44.9 Å². The molecule has 21 heteroatoms. The summed E-state index contributed by atoms with van der Waals surface area (Å²) in [5, 5.41) is 127. The summed E-state index contributed by atoms with van der Waals surface area (Å²) >= 11 is 0. The van der Waals surface area contributed by atoms with Crippen molar-refractivity contribution in [3.05, 3.63) is 11.6 Å². The lowest BCUT2D eigenvalue weighted by atomic mass is 9.33. The average molecular weight is 1060 g/mol. The maximum absolute atomic E-state index is 14.8. The van der Waals surface area contributed by atoms with Gasteiger partial charge in [0.2, 0.25) is 6.29 Å². The van der Waals surface area contributed by atoms with Crippen LogP contribution >= 0.6 is 0 Å². The van der Waals surface area contributed by atoms with Crippen molar-refractivity contribution in [1.29, 1.82) is 0 Å². The zero-order valence-electron chi connectivity index (χ0n) is 44.1. The number of allylic oxidation sites excluding steroid dienone is 2. The molecule has 0 bridgehead atoms. The van der Waals surface area contributed by atoms with Gasteiger partial charge in [0.15, 0.2) is 18.9 Å². The Morgan fingerprint density at radius 1 is 0.608 bits per heavy atom. The van der Waals surface area contributed by atoms with Crippen molar-refractivity contribution in [1.82, 2.24) is 0 Å². The zero-order valence-corrected chi connectivity index (χ0v) is 44.1. The number of rotatable bonds is 10. The lowest BCUT2D eigenvalue weighted by Crippen LogP contribution is -2.66. The molecule has 0 aromatic heterocycles. The van der Waals surface area contributed by atoms with Gasteiger partial charge in [0, 0.05) is 0 Å². The Balaban J connectivity index is 0.953. The summed E-state index contributed by atoms with van der Waals surface area (Å²) in [6.45, 7) is 15.9. The third kappa shape index (κ3) is 9.17. The van der Waals surface area contributed by atoms with Crippen LogP contribution in [0.15, 0.2) is 11.6 Å². The van der Waals surface area contributed by atoms with Crippen LogP contribution in [0.2, 0.25) is 0 Å². The minimum absolute atomic E-state index is 0.0771. The van der Waals surface area contributed by atoms with Gasteiger partial charge in [-0.25, -0.2) is 0 Å². The second-order valence-corrected chi connectivity index (χ2v) is 25.8. The van der Waals surface area contributed by atoms with Crippen LogP contribution in [0.3, 0.4) is 0 Å². The third-order valence-electron chi connectivity index (χ3n) is 21.0. The van der Waals surface area contributed by atoms with Gasteiger partial charge < -0.3 is 99.2 Å². The first-order valence-electron chi connectivity index (χ1n) is 27.1. The van der Waals surface area contributed by atoms with Crippen molar-refractivity contribution < 1.29 is 104 Å². The molecule has 4 aliphatic heterocycles. The molecule has 4 heterocycles. The monoisotopic (exact) mass is 1060 g/mol. The van der Waals surface area contributed by atoms with Gasteiger partial charge in [0.1, 0.15) is 85.5 Å². The van der Waals surface area contributed by atoms with E-state index in [1.54, 1.807) is 0 Å². The van der Waals surface area contributed by atoms with Crippen LogP contribution in [-0.2, 0) is 42.7 Å². The molecule has 5 aliphatic carbocycles. The Labute approximate surface area is 433 Å². The second kappa shape index (κ2) is 20.5. The van der Waals surface area contributed by atoms with Crippen LogP contribution < -0.4 is 0 Å². The number of hydrogen-bond donors (Lipinski definition) is 12. The predicted octanol–water partition coefficient (Wildman–Crippen LogP) is -0.369. The van der Waals surface area contributed by atoms with Crippen molar-refractivity contribution in [2.75, 3.05) is 19.8 Å². The second-order valence-electron chi connectivity index (χ2n) is 25.8. The molecule has 8 fully saturated rings. The molecule has 74 heavy (non-hydrogen) atoms. The number of carbonyl (C=O) groups excluding carboxylic acids is 1. The van der Waals surface area contributed by atoms with Gasteiger partial charge in [0.05, 0.1) is 37.4 Å². The predicted molar refractivity (Wildman–Crippen MR) is 255 cm³/mol. The molecular formula is C53H86O21. The normalized spacial score (nSPS) is 54.1. The van der Waals surface area contributed by atoms with Crippen LogP contribution in [0.1, 0.15) is 120 Å². The Morgan fingerprint density at radius 2 is 1.19 bits per heavy atom. The van der Waals surface area contributed by atoms with E-state index >= 15 is 0 Å². The fourth-order valence-electron chi connectivity index (χ4n) is 16.1. The molecule has 0 spiro atoms. The van der Waals surface area contributed by atoms with Gasteiger partial charge in [0.25, 0.3) is 0 Å². The molecule has 9 rings (SSSR count). The summed E-state index contributed by atoms with van der Waals surface area (Å²) in [4.78, 5) is 14.8. The number of ether oxygens (including phenoxy) is 8. The largest absolute Gasteiger partial charge is 0.432 e.